The number of benzene rings is 1. The summed E-state index contributed by atoms with van der Waals surface area (Å²) in [6.45, 7) is 2.28. The van der Waals surface area contributed by atoms with E-state index in [4.69, 9.17) is 4.74 Å². The first-order valence-corrected chi connectivity index (χ1v) is 4.64. The van der Waals surface area contributed by atoms with E-state index in [9.17, 15) is 8.76 Å². The SMILES string of the molecule is CCOc1ccccc1S(=O)[O-].[K+]. The molecule has 0 radical (unpaired) electrons. The molecule has 0 fully saturated rings. The first-order chi connectivity index (χ1) is 5.75. The molecule has 1 unspecified atom stereocenters. The Hall–Kier alpha value is 0.766. The zero-order valence-corrected chi connectivity index (χ0v) is 11.6. The second-order valence-corrected chi connectivity index (χ2v) is 3.02. The monoisotopic (exact) mass is 224 g/mol. The number of ether oxygens (including phenoxy) is 1. The van der Waals surface area contributed by atoms with Crippen molar-refractivity contribution < 1.29 is 64.9 Å². The fraction of sp³-hybridized carbons (Fsp3) is 0.250. The maximum Gasteiger partial charge on any atom is 1.00 e. The third-order valence-corrected chi connectivity index (χ3v) is 2.02. The van der Waals surface area contributed by atoms with Gasteiger partial charge in [0.25, 0.3) is 0 Å². The maximum absolute atomic E-state index is 10.6. The molecule has 0 heterocycles. The number of para-hydroxylation sites is 1. The van der Waals surface area contributed by atoms with E-state index in [1.54, 1.807) is 18.2 Å². The molecule has 0 amide bonds. The molecule has 0 saturated carbocycles. The van der Waals surface area contributed by atoms with E-state index in [1.165, 1.54) is 6.07 Å². The molecule has 0 aliphatic carbocycles. The molecule has 5 heteroatoms. The van der Waals surface area contributed by atoms with E-state index >= 15 is 0 Å². The Bertz CT molecular complexity index is 290. The number of hydrogen-bond donors (Lipinski definition) is 0. The van der Waals surface area contributed by atoms with Crippen LogP contribution in [0.4, 0.5) is 0 Å². The van der Waals surface area contributed by atoms with Gasteiger partial charge in [0.15, 0.2) is 0 Å². The molecule has 0 aliphatic rings. The fourth-order valence-corrected chi connectivity index (χ4v) is 1.34. The van der Waals surface area contributed by atoms with Gasteiger partial charge in [-0.3, -0.25) is 4.21 Å². The molecule has 0 saturated heterocycles. The summed E-state index contributed by atoms with van der Waals surface area (Å²) in [5.41, 5.74) is 0. The summed E-state index contributed by atoms with van der Waals surface area (Å²) in [5, 5.41) is 0. The van der Waals surface area contributed by atoms with Crippen LogP contribution in [-0.4, -0.2) is 15.4 Å². The van der Waals surface area contributed by atoms with E-state index in [0.29, 0.717) is 12.4 Å². The van der Waals surface area contributed by atoms with E-state index in [1.807, 2.05) is 6.92 Å². The van der Waals surface area contributed by atoms with Gasteiger partial charge in [-0.05, 0) is 30.1 Å². The van der Waals surface area contributed by atoms with E-state index in [-0.39, 0.29) is 56.3 Å². The Balaban J connectivity index is 0.00000144. The van der Waals surface area contributed by atoms with Crippen LogP contribution in [0.3, 0.4) is 0 Å². The van der Waals surface area contributed by atoms with Crippen molar-refractivity contribution in [2.24, 2.45) is 0 Å². The molecule has 1 aromatic carbocycles. The van der Waals surface area contributed by atoms with Gasteiger partial charge in [0.05, 0.1) is 11.5 Å². The van der Waals surface area contributed by atoms with Crippen LogP contribution in [0.5, 0.6) is 5.75 Å². The van der Waals surface area contributed by atoms with Crippen molar-refractivity contribution in [3.05, 3.63) is 24.3 Å². The van der Waals surface area contributed by atoms with Crippen molar-refractivity contribution in [3.8, 4) is 5.75 Å². The minimum atomic E-state index is -2.22. The van der Waals surface area contributed by atoms with Gasteiger partial charge in [0.2, 0.25) is 0 Å². The predicted octanol–water partition coefficient (Wildman–Crippen LogP) is -1.67. The average molecular weight is 224 g/mol. The topological polar surface area (TPSA) is 49.4 Å². The largest absolute Gasteiger partial charge is 1.00 e. The van der Waals surface area contributed by atoms with Gasteiger partial charge in [-0.25, -0.2) is 0 Å². The van der Waals surface area contributed by atoms with Crippen molar-refractivity contribution in [3.63, 3.8) is 0 Å². The van der Waals surface area contributed by atoms with Crippen LogP contribution in [0.25, 0.3) is 0 Å². The Labute approximate surface area is 123 Å². The minimum absolute atomic E-state index is 0. The second-order valence-electron chi connectivity index (χ2n) is 2.11. The minimum Gasteiger partial charge on any atom is -0.768 e. The Morgan fingerprint density at radius 2 is 2.08 bits per heavy atom. The van der Waals surface area contributed by atoms with Crippen molar-refractivity contribution in [1.29, 1.82) is 0 Å². The molecule has 13 heavy (non-hydrogen) atoms. The zero-order valence-electron chi connectivity index (χ0n) is 7.65. The Morgan fingerprint density at radius 3 is 2.62 bits per heavy atom. The van der Waals surface area contributed by atoms with Crippen LogP contribution < -0.4 is 56.1 Å². The zero-order chi connectivity index (χ0) is 8.97. The molecular formula is C8H9KO3S. The predicted molar refractivity (Wildman–Crippen MR) is 44.8 cm³/mol. The van der Waals surface area contributed by atoms with E-state index < -0.39 is 11.1 Å². The Morgan fingerprint density at radius 1 is 1.46 bits per heavy atom. The normalized spacial score (nSPS) is 11.5. The van der Waals surface area contributed by atoms with Crippen LogP contribution in [0.2, 0.25) is 0 Å². The molecule has 1 rings (SSSR count). The molecular weight excluding hydrogens is 215 g/mol. The maximum atomic E-state index is 10.6. The number of rotatable bonds is 3. The quantitative estimate of drug-likeness (QED) is 0.455. The summed E-state index contributed by atoms with van der Waals surface area (Å²) in [6, 6.07) is 6.54. The van der Waals surface area contributed by atoms with Gasteiger partial charge < -0.3 is 9.29 Å². The van der Waals surface area contributed by atoms with E-state index in [2.05, 4.69) is 0 Å². The first kappa shape index (κ1) is 13.8. The van der Waals surface area contributed by atoms with Crippen LogP contribution >= 0.6 is 0 Å². The van der Waals surface area contributed by atoms with Crippen LogP contribution in [0, 0.1) is 0 Å². The summed E-state index contributed by atoms with van der Waals surface area (Å²) in [4.78, 5) is 0.208. The summed E-state index contributed by atoms with van der Waals surface area (Å²) in [6.07, 6.45) is 0. The molecule has 0 aliphatic heterocycles. The fourth-order valence-electron chi connectivity index (χ4n) is 0.863. The standard InChI is InChI=1S/C8H10O3S.K/c1-2-11-7-5-3-4-6-8(7)12(9)10;/h3-6H,2H2,1H3,(H,9,10);/q;+1/p-1. The molecule has 3 nitrogen and oxygen atoms in total. The third kappa shape index (κ3) is 4.20. The second kappa shape index (κ2) is 7.11. The molecule has 1 atom stereocenters. The smallest absolute Gasteiger partial charge is 0.768 e. The van der Waals surface area contributed by atoms with Gasteiger partial charge in [-0.15, -0.1) is 0 Å². The molecule has 66 valence electrons. The van der Waals surface area contributed by atoms with Gasteiger partial charge in [-0.1, -0.05) is 12.1 Å². The van der Waals surface area contributed by atoms with Crippen LogP contribution in [0.1, 0.15) is 6.92 Å². The Kier molecular flexibility index (Phi) is 7.53. The summed E-state index contributed by atoms with van der Waals surface area (Å²) >= 11 is -2.22. The van der Waals surface area contributed by atoms with Crippen molar-refractivity contribution in [2.45, 2.75) is 11.8 Å². The van der Waals surface area contributed by atoms with E-state index in [0.717, 1.165) is 0 Å². The molecule has 0 bridgehead atoms. The number of hydrogen-bond acceptors (Lipinski definition) is 3. The summed E-state index contributed by atoms with van der Waals surface area (Å²) < 4.78 is 26.3. The molecule has 0 N–H and O–H groups in total. The third-order valence-electron chi connectivity index (χ3n) is 1.33. The molecule has 1 aromatic rings. The van der Waals surface area contributed by atoms with Crippen LogP contribution in [-0.2, 0) is 11.1 Å². The van der Waals surface area contributed by atoms with Gasteiger partial charge in [-0.2, -0.15) is 0 Å². The average Bonchev–Trinajstić information content (AvgIpc) is 2.05. The van der Waals surface area contributed by atoms with Crippen molar-refractivity contribution >= 4 is 11.1 Å². The van der Waals surface area contributed by atoms with Crippen LogP contribution in [0.15, 0.2) is 29.2 Å². The van der Waals surface area contributed by atoms with Crippen molar-refractivity contribution in [1.82, 2.24) is 0 Å². The first-order valence-electron chi connectivity index (χ1n) is 3.56. The molecule has 0 spiro atoms. The molecule has 0 aromatic heterocycles. The van der Waals surface area contributed by atoms with Gasteiger partial charge in [0.1, 0.15) is 5.75 Å². The van der Waals surface area contributed by atoms with Crippen molar-refractivity contribution in [2.75, 3.05) is 6.61 Å². The summed E-state index contributed by atoms with van der Waals surface area (Å²) in [5.74, 6) is 0.410. The van der Waals surface area contributed by atoms with Gasteiger partial charge in [0, 0.05) is 0 Å². The summed E-state index contributed by atoms with van der Waals surface area (Å²) in [7, 11) is 0. The van der Waals surface area contributed by atoms with Gasteiger partial charge >= 0.3 is 51.4 Å².